The third-order valence-electron chi connectivity index (χ3n) is 9.38. The molecule has 1 fully saturated rings. The van der Waals surface area contributed by atoms with Crippen LogP contribution in [0.15, 0.2) is 0 Å². The van der Waals surface area contributed by atoms with Crippen molar-refractivity contribution in [2.75, 3.05) is 39.5 Å². The Balaban J connectivity index is 2.26. The van der Waals surface area contributed by atoms with Gasteiger partial charge in [-0.2, -0.15) is 0 Å². The molecule has 3 atom stereocenters. The number of rotatable bonds is 0. The van der Waals surface area contributed by atoms with Crippen molar-refractivity contribution in [2.24, 2.45) is 0 Å². The number of ether oxygens (including phenoxy) is 3. The van der Waals surface area contributed by atoms with Gasteiger partial charge >= 0.3 is 17.9 Å². The van der Waals surface area contributed by atoms with Gasteiger partial charge in [-0.1, -0.05) is 96.3 Å². The molecule has 0 radical (unpaired) electrons. The van der Waals surface area contributed by atoms with Crippen LogP contribution >= 0.6 is 0 Å². The molecule has 0 bridgehead atoms. The molecule has 1 saturated heterocycles. The maximum absolute atomic E-state index is 12.1. The van der Waals surface area contributed by atoms with Gasteiger partial charge in [0.25, 0.3) is 0 Å². The Bertz CT molecular complexity index is 683. The van der Waals surface area contributed by atoms with Gasteiger partial charge in [-0.3, -0.25) is 14.4 Å². The smallest absolute Gasteiger partial charge is 0.305 e. The van der Waals surface area contributed by atoms with Crippen LogP contribution in [0.4, 0.5) is 0 Å². The summed E-state index contributed by atoms with van der Waals surface area (Å²) in [7, 11) is 0. The lowest BCUT2D eigenvalue weighted by Crippen LogP contribution is -2.30. The minimum absolute atomic E-state index is 0.0826. The van der Waals surface area contributed by atoms with E-state index in [9.17, 15) is 14.4 Å². The molecule has 0 aromatic carbocycles. The molecular formula is C39H75N3O6. The Hall–Kier alpha value is -1.71. The van der Waals surface area contributed by atoms with Gasteiger partial charge in [-0.05, 0) is 59.3 Å². The molecule has 1 aliphatic heterocycles. The van der Waals surface area contributed by atoms with E-state index in [0.717, 1.165) is 77.0 Å². The third-order valence-corrected chi connectivity index (χ3v) is 9.38. The predicted molar refractivity (Wildman–Crippen MR) is 196 cm³/mol. The summed E-state index contributed by atoms with van der Waals surface area (Å²) in [5.74, 6) is -0.248. The van der Waals surface area contributed by atoms with Crippen molar-refractivity contribution in [3.05, 3.63) is 0 Å². The first-order chi connectivity index (χ1) is 23.4. The molecule has 0 saturated carbocycles. The van der Waals surface area contributed by atoms with E-state index in [2.05, 4.69) is 36.7 Å². The van der Waals surface area contributed by atoms with Gasteiger partial charge in [0.1, 0.15) is 19.8 Å². The fourth-order valence-electron chi connectivity index (χ4n) is 6.21. The molecule has 1 heterocycles. The van der Waals surface area contributed by atoms with Crippen molar-refractivity contribution < 1.29 is 28.6 Å². The van der Waals surface area contributed by atoms with Gasteiger partial charge in [0.15, 0.2) is 0 Å². The second-order valence-corrected chi connectivity index (χ2v) is 14.2. The van der Waals surface area contributed by atoms with Crippen molar-refractivity contribution in [2.45, 2.75) is 193 Å². The van der Waals surface area contributed by atoms with Crippen molar-refractivity contribution in [3.8, 4) is 0 Å². The largest absolute Gasteiger partial charge is 0.464 e. The highest BCUT2D eigenvalue weighted by Gasteiger charge is 2.08. The lowest BCUT2D eigenvalue weighted by Gasteiger charge is -2.14. The number of carbonyl (C=O) groups excluding carboxylic acids is 3. The zero-order valence-electron chi connectivity index (χ0n) is 31.4. The molecule has 0 aromatic rings. The van der Waals surface area contributed by atoms with Gasteiger partial charge < -0.3 is 30.2 Å². The average molecular weight is 682 g/mol. The van der Waals surface area contributed by atoms with Crippen LogP contribution in [0, 0.1) is 0 Å². The molecule has 0 amide bonds. The van der Waals surface area contributed by atoms with E-state index >= 15 is 0 Å². The fourth-order valence-corrected chi connectivity index (χ4v) is 6.21. The van der Waals surface area contributed by atoms with Crippen LogP contribution in [0.25, 0.3) is 0 Å². The summed E-state index contributed by atoms with van der Waals surface area (Å²) in [4.78, 5) is 36.2. The second kappa shape index (κ2) is 32.5. The number of hydrogen-bond acceptors (Lipinski definition) is 9. The van der Waals surface area contributed by atoms with Gasteiger partial charge in [0, 0.05) is 57.0 Å². The van der Waals surface area contributed by atoms with Crippen LogP contribution in [0.3, 0.4) is 0 Å². The van der Waals surface area contributed by atoms with Gasteiger partial charge in [-0.15, -0.1) is 0 Å². The first-order valence-electron chi connectivity index (χ1n) is 20.0. The molecule has 9 heteroatoms. The Kier molecular flexibility index (Phi) is 30.0. The van der Waals surface area contributed by atoms with Gasteiger partial charge in [0.05, 0.1) is 0 Å². The number of carbonyl (C=O) groups is 3. The minimum atomic E-state index is -0.0826. The number of hydrogen-bond donors (Lipinski definition) is 3. The van der Waals surface area contributed by atoms with Crippen LogP contribution in [-0.4, -0.2) is 75.5 Å². The summed E-state index contributed by atoms with van der Waals surface area (Å²) < 4.78 is 16.2. The zero-order chi connectivity index (χ0) is 34.9. The van der Waals surface area contributed by atoms with E-state index in [1.165, 1.54) is 57.8 Å². The van der Waals surface area contributed by atoms with E-state index in [0.29, 0.717) is 76.8 Å². The Morgan fingerprint density at radius 3 is 0.875 bits per heavy atom. The first-order valence-corrected chi connectivity index (χ1v) is 20.0. The van der Waals surface area contributed by atoms with Crippen LogP contribution in [-0.2, 0) is 28.6 Å². The summed E-state index contributed by atoms with van der Waals surface area (Å²) in [6, 6.07) is 1.26. The van der Waals surface area contributed by atoms with Gasteiger partial charge in [-0.25, -0.2) is 0 Å². The predicted octanol–water partition coefficient (Wildman–Crippen LogP) is 7.93. The summed E-state index contributed by atoms with van der Waals surface area (Å²) >= 11 is 0. The maximum atomic E-state index is 12.1. The van der Waals surface area contributed by atoms with Crippen molar-refractivity contribution in [1.29, 1.82) is 0 Å². The molecule has 1 aliphatic rings. The summed E-state index contributed by atoms with van der Waals surface area (Å²) in [5, 5.41) is 10.4. The highest BCUT2D eigenvalue weighted by molar-refractivity contribution is 5.69. The minimum Gasteiger partial charge on any atom is -0.464 e. The summed E-state index contributed by atoms with van der Waals surface area (Å²) in [5.41, 5.74) is 0. The highest BCUT2D eigenvalue weighted by Crippen LogP contribution is 2.13. The first kappa shape index (κ1) is 44.3. The molecule has 0 unspecified atom stereocenters. The molecule has 0 aliphatic carbocycles. The van der Waals surface area contributed by atoms with Crippen molar-refractivity contribution in [3.63, 3.8) is 0 Å². The summed E-state index contributed by atoms with van der Waals surface area (Å²) in [6.45, 7) is 10.0. The van der Waals surface area contributed by atoms with Crippen LogP contribution in [0.2, 0.25) is 0 Å². The molecule has 0 spiro atoms. The van der Waals surface area contributed by atoms with E-state index in [-0.39, 0.29) is 17.9 Å². The highest BCUT2D eigenvalue weighted by atomic mass is 16.5. The Morgan fingerprint density at radius 2 is 0.604 bits per heavy atom. The molecular weight excluding hydrogens is 606 g/mol. The SMILES string of the molecule is C[C@@H]1CCCCCCCCC(=O)OCCN[C@H](C)CCCCCCCCC(=O)OCCN[C@H](C)CCCCCCCCC(=O)OCCN1. The van der Waals surface area contributed by atoms with E-state index in [1.807, 2.05) is 0 Å². The molecule has 1 rings (SSSR count). The standard InChI is InChI=1S/C39H75N3O6/c1-34-22-16-10-4-7-13-19-26-38(44)47-32-29-41-36(3)24-18-12-6-9-15-21-27-39(45)48-33-30-42-35(2)23-17-11-5-8-14-20-25-37(43)46-31-28-40-34/h34-36,40-42H,4-33H2,1-3H3/t34-,35-,36-/m1/s1. The van der Waals surface area contributed by atoms with Crippen LogP contribution < -0.4 is 16.0 Å². The Morgan fingerprint density at radius 1 is 0.375 bits per heavy atom. The average Bonchev–Trinajstić information content (AvgIpc) is 3.06. The molecule has 48 heavy (non-hydrogen) atoms. The maximum Gasteiger partial charge on any atom is 0.305 e. The van der Waals surface area contributed by atoms with E-state index in [4.69, 9.17) is 14.2 Å². The third kappa shape index (κ3) is 30.4. The normalized spacial score (nSPS) is 26.8. The lowest BCUT2D eigenvalue weighted by atomic mass is 10.1. The second-order valence-electron chi connectivity index (χ2n) is 14.2. The van der Waals surface area contributed by atoms with E-state index in [1.54, 1.807) is 0 Å². The fraction of sp³-hybridized carbons (Fsp3) is 0.923. The number of nitrogens with one attached hydrogen (secondary N) is 3. The molecule has 282 valence electrons. The van der Waals surface area contributed by atoms with E-state index < -0.39 is 0 Å². The van der Waals surface area contributed by atoms with Crippen molar-refractivity contribution in [1.82, 2.24) is 16.0 Å². The van der Waals surface area contributed by atoms with Crippen LogP contribution in [0.5, 0.6) is 0 Å². The summed E-state index contributed by atoms with van der Waals surface area (Å²) in [6.07, 6.45) is 25.2. The number of esters is 3. The number of cyclic esters (lactones) is 3. The lowest BCUT2D eigenvalue weighted by molar-refractivity contribution is -0.144. The zero-order valence-corrected chi connectivity index (χ0v) is 31.4. The monoisotopic (exact) mass is 682 g/mol. The van der Waals surface area contributed by atoms with Crippen LogP contribution in [0.1, 0.15) is 175 Å². The Labute approximate surface area is 294 Å². The molecule has 9 nitrogen and oxygen atoms in total. The topological polar surface area (TPSA) is 115 Å². The van der Waals surface area contributed by atoms with Gasteiger partial charge in [0.2, 0.25) is 0 Å². The molecule has 0 aromatic heterocycles. The van der Waals surface area contributed by atoms with Crippen molar-refractivity contribution >= 4 is 17.9 Å². The molecule has 3 N–H and O–H groups in total. The quantitative estimate of drug-likeness (QED) is 0.173.